The summed E-state index contributed by atoms with van der Waals surface area (Å²) in [4.78, 5) is 15.2. The number of carboxylic acid groups (broad SMARTS) is 1. The molecule has 6 heteroatoms. The van der Waals surface area contributed by atoms with Gasteiger partial charge in [-0.1, -0.05) is 24.3 Å². The van der Waals surface area contributed by atoms with E-state index in [2.05, 4.69) is 10.3 Å². The lowest BCUT2D eigenvalue weighted by atomic mass is 10.1. The normalized spacial score (nSPS) is 10.7. The monoisotopic (exact) mass is 314 g/mol. The Bertz CT molecular complexity index is 877. The number of nitrogens with zero attached hydrogens (tertiary/aromatic N) is 1. The molecule has 0 unspecified atom stereocenters. The molecular weight excluding hydrogens is 302 g/mol. The first-order valence-electron chi connectivity index (χ1n) is 6.86. The van der Waals surface area contributed by atoms with Gasteiger partial charge in [0.25, 0.3) is 0 Å². The van der Waals surface area contributed by atoms with Crippen molar-refractivity contribution < 1.29 is 18.7 Å². The highest BCUT2D eigenvalue weighted by Gasteiger charge is 2.13. The van der Waals surface area contributed by atoms with E-state index in [-0.39, 0.29) is 12.1 Å². The quantitative estimate of drug-likeness (QED) is 0.767. The Morgan fingerprint density at radius 1 is 1.09 bits per heavy atom. The number of anilines is 2. The second-order valence-electron chi connectivity index (χ2n) is 4.97. The maximum atomic E-state index is 13.8. The molecule has 0 saturated carbocycles. The van der Waals surface area contributed by atoms with Gasteiger partial charge < -0.3 is 10.4 Å². The molecule has 0 spiro atoms. The smallest absolute Gasteiger partial charge is 0.309 e. The standard InChI is InChI=1S/C17H12F2N2O2/c18-12-5-3-6-13(19)17(12)21-15-8-10(9-16(22)23)20-14-7-2-1-4-11(14)15/h1-8H,9H2,(H,20,21)(H,22,23). The largest absolute Gasteiger partial charge is 0.481 e. The summed E-state index contributed by atoms with van der Waals surface area (Å²) < 4.78 is 27.7. The fourth-order valence-corrected chi connectivity index (χ4v) is 2.33. The lowest BCUT2D eigenvalue weighted by Gasteiger charge is -2.12. The molecule has 116 valence electrons. The Morgan fingerprint density at radius 3 is 2.48 bits per heavy atom. The van der Waals surface area contributed by atoms with E-state index in [0.29, 0.717) is 22.3 Å². The summed E-state index contributed by atoms with van der Waals surface area (Å²) in [7, 11) is 0. The first-order chi connectivity index (χ1) is 11.0. The van der Waals surface area contributed by atoms with Gasteiger partial charge in [-0.2, -0.15) is 0 Å². The van der Waals surface area contributed by atoms with E-state index in [9.17, 15) is 13.6 Å². The van der Waals surface area contributed by atoms with Gasteiger partial charge in [-0.05, 0) is 24.3 Å². The second kappa shape index (κ2) is 6.00. The van der Waals surface area contributed by atoms with Gasteiger partial charge in [0, 0.05) is 11.1 Å². The molecule has 0 atom stereocenters. The van der Waals surface area contributed by atoms with Crippen molar-refractivity contribution in [2.45, 2.75) is 6.42 Å². The average Bonchev–Trinajstić information content (AvgIpc) is 2.50. The number of rotatable bonds is 4. The van der Waals surface area contributed by atoms with E-state index in [4.69, 9.17) is 5.11 Å². The molecule has 23 heavy (non-hydrogen) atoms. The third kappa shape index (κ3) is 3.11. The Kier molecular flexibility index (Phi) is 3.89. The Labute approximate surface area is 130 Å². The predicted molar refractivity (Wildman–Crippen MR) is 82.7 cm³/mol. The van der Waals surface area contributed by atoms with E-state index in [1.807, 2.05) is 0 Å². The molecule has 2 aromatic carbocycles. The molecule has 0 bridgehead atoms. The highest BCUT2D eigenvalue weighted by molar-refractivity contribution is 5.93. The molecule has 0 saturated heterocycles. The Balaban J connectivity index is 2.13. The van der Waals surface area contributed by atoms with Crippen LogP contribution < -0.4 is 5.32 Å². The molecular formula is C17H12F2N2O2. The van der Waals surface area contributed by atoms with Crippen molar-refractivity contribution in [2.75, 3.05) is 5.32 Å². The topological polar surface area (TPSA) is 62.2 Å². The maximum Gasteiger partial charge on any atom is 0.309 e. The summed E-state index contributed by atoms with van der Waals surface area (Å²) in [5, 5.41) is 12.3. The predicted octanol–water partition coefficient (Wildman–Crippen LogP) is 3.88. The molecule has 0 fully saturated rings. The van der Waals surface area contributed by atoms with Crippen molar-refractivity contribution in [1.29, 1.82) is 0 Å². The number of carboxylic acids is 1. The van der Waals surface area contributed by atoms with Crippen LogP contribution in [0.15, 0.2) is 48.5 Å². The Morgan fingerprint density at radius 2 is 1.78 bits per heavy atom. The number of carbonyl (C=O) groups is 1. The van der Waals surface area contributed by atoms with E-state index in [0.717, 1.165) is 12.1 Å². The number of pyridine rings is 1. The summed E-state index contributed by atoms with van der Waals surface area (Å²) in [5.41, 5.74) is 0.960. The van der Waals surface area contributed by atoms with E-state index in [1.165, 1.54) is 12.1 Å². The van der Waals surface area contributed by atoms with Crippen LogP contribution in [0.2, 0.25) is 0 Å². The minimum Gasteiger partial charge on any atom is -0.481 e. The number of nitrogens with one attached hydrogen (secondary N) is 1. The Hall–Kier alpha value is -3.02. The van der Waals surface area contributed by atoms with Crippen molar-refractivity contribution in [3.63, 3.8) is 0 Å². The number of para-hydroxylation sites is 2. The van der Waals surface area contributed by atoms with E-state index in [1.54, 1.807) is 24.3 Å². The molecule has 0 aliphatic heterocycles. The highest BCUT2D eigenvalue weighted by Crippen LogP contribution is 2.29. The fraction of sp³-hybridized carbons (Fsp3) is 0.0588. The summed E-state index contributed by atoms with van der Waals surface area (Å²) >= 11 is 0. The zero-order valence-electron chi connectivity index (χ0n) is 11.9. The first kappa shape index (κ1) is 14.9. The van der Waals surface area contributed by atoms with Crippen LogP contribution >= 0.6 is 0 Å². The molecule has 1 heterocycles. The van der Waals surface area contributed by atoms with Gasteiger partial charge in [0.05, 0.1) is 17.6 Å². The molecule has 4 nitrogen and oxygen atoms in total. The fourth-order valence-electron chi connectivity index (χ4n) is 2.33. The number of aromatic nitrogens is 1. The molecule has 0 radical (unpaired) electrons. The number of hydrogen-bond donors (Lipinski definition) is 2. The number of fused-ring (bicyclic) bond motifs is 1. The van der Waals surface area contributed by atoms with E-state index >= 15 is 0 Å². The van der Waals surface area contributed by atoms with Crippen LogP contribution in [0.5, 0.6) is 0 Å². The van der Waals surface area contributed by atoms with Crippen LogP contribution in [0.25, 0.3) is 10.9 Å². The first-order valence-corrected chi connectivity index (χ1v) is 6.86. The van der Waals surface area contributed by atoms with Crippen LogP contribution in [-0.4, -0.2) is 16.1 Å². The molecule has 2 N–H and O–H groups in total. The van der Waals surface area contributed by atoms with Crippen LogP contribution in [-0.2, 0) is 11.2 Å². The van der Waals surface area contributed by atoms with Gasteiger partial charge in [-0.3, -0.25) is 9.78 Å². The maximum absolute atomic E-state index is 13.8. The third-order valence-electron chi connectivity index (χ3n) is 3.32. The summed E-state index contributed by atoms with van der Waals surface area (Å²) in [6.45, 7) is 0. The van der Waals surface area contributed by atoms with Crippen LogP contribution in [0.3, 0.4) is 0 Å². The van der Waals surface area contributed by atoms with E-state index < -0.39 is 17.6 Å². The number of hydrogen-bond acceptors (Lipinski definition) is 3. The van der Waals surface area contributed by atoms with Crippen molar-refractivity contribution in [2.24, 2.45) is 0 Å². The van der Waals surface area contributed by atoms with Gasteiger partial charge in [-0.25, -0.2) is 8.78 Å². The second-order valence-corrected chi connectivity index (χ2v) is 4.97. The summed E-state index contributed by atoms with van der Waals surface area (Å²) in [6, 6.07) is 12.0. The van der Waals surface area contributed by atoms with Gasteiger partial charge in [0.2, 0.25) is 0 Å². The van der Waals surface area contributed by atoms with Gasteiger partial charge >= 0.3 is 5.97 Å². The average molecular weight is 314 g/mol. The van der Waals surface area contributed by atoms with Crippen molar-refractivity contribution in [1.82, 2.24) is 4.98 Å². The van der Waals surface area contributed by atoms with Gasteiger partial charge in [-0.15, -0.1) is 0 Å². The summed E-state index contributed by atoms with van der Waals surface area (Å²) in [6.07, 6.45) is -0.279. The number of benzene rings is 2. The SMILES string of the molecule is O=C(O)Cc1cc(Nc2c(F)cccc2F)c2ccccc2n1. The molecule has 0 aliphatic rings. The minimum absolute atomic E-state index is 0.279. The molecule has 3 aromatic rings. The van der Waals surface area contributed by atoms with Crippen molar-refractivity contribution in [3.05, 3.63) is 65.9 Å². The van der Waals surface area contributed by atoms with Gasteiger partial charge in [0.15, 0.2) is 0 Å². The van der Waals surface area contributed by atoms with Crippen LogP contribution in [0, 0.1) is 11.6 Å². The third-order valence-corrected chi connectivity index (χ3v) is 3.32. The highest BCUT2D eigenvalue weighted by atomic mass is 19.1. The number of halogens is 2. The molecule has 3 rings (SSSR count). The summed E-state index contributed by atoms with van der Waals surface area (Å²) in [5.74, 6) is -2.49. The van der Waals surface area contributed by atoms with Crippen LogP contribution in [0.1, 0.15) is 5.69 Å². The van der Waals surface area contributed by atoms with Crippen molar-refractivity contribution >= 4 is 28.2 Å². The molecule has 0 amide bonds. The van der Waals surface area contributed by atoms with Crippen LogP contribution in [0.4, 0.5) is 20.2 Å². The molecule has 0 aliphatic carbocycles. The van der Waals surface area contributed by atoms with Crippen molar-refractivity contribution in [3.8, 4) is 0 Å². The zero-order chi connectivity index (χ0) is 16.4. The lowest BCUT2D eigenvalue weighted by molar-refractivity contribution is -0.136. The lowest BCUT2D eigenvalue weighted by Crippen LogP contribution is -2.05. The number of aliphatic carboxylic acids is 1. The van der Waals surface area contributed by atoms with Gasteiger partial charge in [0.1, 0.15) is 17.3 Å². The zero-order valence-corrected chi connectivity index (χ0v) is 11.9. The minimum atomic E-state index is -1.03. The molecule has 1 aromatic heterocycles.